The summed E-state index contributed by atoms with van der Waals surface area (Å²) in [5, 5.41) is 3.92. The van der Waals surface area contributed by atoms with Crippen molar-refractivity contribution >= 4 is 12.4 Å². The molecular formula is C20H26ClN. The molecule has 1 aliphatic rings. The van der Waals surface area contributed by atoms with Crippen LogP contribution < -0.4 is 5.32 Å². The smallest absolute Gasteiger partial charge is 0.0363 e. The van der Waals surface area contributed by atoms with Crippen LogP contribution in [0.15, 0.2) is 60.7 Å². The fourth-order valence-corrected chi connectivity index (χ4v) is 3.36. The monoisotopic (exact) mass is 315 g/mol. The molecule has 1 atom stereocenters. The minimum atomic E-state index is 0. The Bertz CT molecular complexity index is 520. The lowest BCUT2D eigenvalue weighted by Gasteiger charge is -2.29. The van der Waals surface area contributed by atoms with Gasteiger partial charge in [0.25, 0.3) is 0 Å². The van der Waals surface area contributed by atoms with Crippen molar-refractivity contribution in [2.45, 2.75) is 50.6 Å². The molecular weight excluding hydrogens is 290 g/mol. The summed E-state index contributed by atoms with van der Waals surface area (Å²) in [5.41, 5.74) is 2.82. The predicted molar refractivity (Wildman–Crippen MR) is 96.6 cm³/mol. The zero-order chi connectivity index (χ0) is 14.3. The zero-order valence-corrected chi connectivity index (χ0v) is 13.9. The topological polar surface area (TPSA) is 12.0 Å². The average Bonchev–Trinajstić information content (AvgIpc) is 2.57. The Morgan fingerprint density at radius 2 is 1.41 bits per heavy atom. The van der Waals surface area contributed by atoms with Crippen molar-refractivity contribution < 1.29 is 0 Å². The number of benzene rings is 2. The zero-order valence-electron chi connectivity index (χ0n) is 13.1. The van der Waals surface area contributed by atoms with E-state index in [1.165, 1.54) is 43.2 Å². The van der Waals surface area contributed by atoms with Gasteiger partial charge in [0.1, 0.15) is 0 Å². The Morgan fingerprint density at radius 1 is 0.818 bits per heavy atom. The third-order valence-electron chi connectivity index (χ3n) is 4.53. The Morgan fingerprint density at radius 3 is 2.05 bits per heavy atom. The summed E-state index contributed by atoms with van der Waals surface area (Å²) in [5.74, 6) is 0. The third kappa shape index (κ3) is 4.86. The van der Waals surface area contributed by atoms with Gasteiger partial charge in [0.05, 0.1) is 0 Å². The first kappa shape index (κ1) is 17.1. The Kier molecular flexibility index (Phi) is 6.95. The fourth-order valence-electron chi connectivity index (χ4n) is 3.36. The molecule has 1 N–H and O–H groups in total. The van der Waals surface area contributed by atoms with E-state index < -0.39 is 0 Å². The van der Waals surface area contributed by atoms with E-state index in [4.69, 9.17) is 0 Å². The second-order valence-electron chi connectivity index (χ2n) is 6.15. The highest BCUT2D eigenvalue weighted by Gasteiger charge is 2.19. The lowest BCUT2D eigenvalue weighted by atomic mass is 9.92. The lowest BCUT2D eigenvalue weighted by Crippen LogP contribution is -2.35. The molecule has 0 bridgehead atoms. The van der Waals surface area contributed by atoms with Gasteiger partial charge < -0.3 is 5.32 Å². The number of halogens is 1. The third-order valence-corrected chi connectivity index (χ3v) is 4.53. The normalized spacial score (nSPS) is 16.7. The van der Waals surface area contributed by atoms with Gasteiger partial charge in [-0.05, 0) is 30.4 Å². The molecule has 0 aromatic heterocycles. The maximum atomic E-state index is 3.92. The molecule has 118 valence electrons. The lowest BCUT2D eigenvalue weighted by molar-refractivity contribution is 0.337. The first-order chi connectivity index (χ1) is 10.4. The van der Waals surface area contributed by atoms with Gasteiger partial charge in [0.15, 0.2) is 0 Å². The summed E-state index contributed by atoms with van der Waals surface area (Å²) < 4.78 is 0. The molecule has 2 aromatic carbocycles. The maximum Gasteiger partial charge on any atom is 0.0363 e. The molecule has 0 spiro atoms. The van der Waals surface area contributed by atoms with Crippen LogP contribution >= 0.6 is 12.4 Å². The van der Waals surface area contributed by atoms with Crippen LogP contribution in [0.3, 0.4) is 0 Å². The van der Waals surface area contributed by atoms with Crippen LogP contribution in [-0.2, 0) is 6.42 Å². The largest absolute Gasteiger partial charge is 0.307 e. The van der Waals surface area contributed by atoms with Crippen LogP contribution in [0.4, 0.5) is 0 Å². The molecule has 1 aliphatic carbocycles. The highest BCUT2D eigenvalue weighted by Crippen LogP contribution is 2.24. The van der Waals surface area contributed by atoms with Gasteiger partial charge in [-0.25, -0.2) is 0 Å². The van der Waals surface area contributed by atoms with E-state index in [0.717, 1.165) is 6.42 Å². The second kappa shape index (κ2) is 8.97. The minimum absolute atomic E-state index is 0. The van der Waals surface area contributed by atoms with Gasteiger partial charge in [-0.2, -0.15) is 0 Å². The van der Waals surface area contributed by atoms with Crippen molar-refractivity contribution in [3.63, 3.8) is 0 Å². The maximum absolute atomic E-state index is 3.92. The van der Waals surface area contributed by atoms with E-state index in [1.807, 2.05) is 0 Å². The summed E-state index contributed by atoms with van der Waals surface area (Å²) in [6.45, 7) is 0. The quantitative estimate of drug-likeness (QED) is 0.788. The first-order valence-corrected chi connectivity index (χ1v) is 8.27. The standard InChI is InChI=1S/C20H25N.ClH/c1-4-10-17(11-5-1)16-20(18-12-6-2-7-13-18)21-19-14-8-3-9-15-19;/h1-2,4-7,10-13,19-21H,3,8-9,14-16H2;1H. The predicted octanol–water partition coefficient (Wildman–Crippen LogP) is 5.31. The van der Waals surface area contributed by atoms with Crippen LogP contribution in [0.25, 0.3) is 0 Å². The van der Waals surface area contributed by atoms with Crippen LogP contribution in [0, 0.1) is 0 Å². The van der Waals surface area contributed by atoms with Gasteiger partial charge in [-0.3, -0.25) is 0 Å². The van der Waals surface area contributed by atoms with E-state index in [-0.39, 0.29) is 12.4 Å². The van der Waals surface area contributed by atoms with E-state index >= 15 is 0 Å². The molecule has 2 heteroatoms. The van der Waals surface area contributed by atoms with E-state index in [1.54, 1.807) is 0 Å². The highest BCUT2D eigenvalue weighted by molar-refractivity contribution is 5.85. The summed E-state index contributed by atoms with van der Waals surface area (Å²) in [6, 6.07) is 22.9. The SMILES string of the molecule is Cl.c1ccc(CC(NC2CCCCC2)c2ccccc2)cc1. The molecule has 1 nitrogen and oxygen atoms in total. The van der Waals surface area contributed by atoms with Gasteiger partial charge in [-0.15, -0.1) is 12.4 Å². The van der Waals surface area contributed by atoms with Crippen molar-refractivity contribution in [1.29, 1.82) is 0 Å². The van der Waals surface area contributed by atoms with E-state index in [0.29, 0.717) is 12.1 Å². The van der Waals surface area contributed by atoms with Crippen molar-refractivity contribution in [2.24, 2.45) is 0 Å². The molecule has 1 unspecified atom stereocenters. The fraction of sp³-hybridized carbons (Fsp3) is 0.400. The highest BCUT2D eigenvalue weighted by atomic mass is 35.5. The molecule has 0 heterocycles. The Labute approximate surface area is 140 Å². The molecule has 0 saturated heterocycles. The second-order valence-corrected chi connectivity index (χ2v) is 6.15. The summed E-state index contributed by atoms with van der Waals surface area (Å²) >= 11 is 0. The molecule has 0 amide bonds. The molecule has 0 aliphatic heterocycles. The summed E-state index contributed by atoms with van der Waals surface area (Å²) in [7, 11) is 0. The Hall–Kier alpha value is -1.31. The number of nitrogens with one attached hydrogen (secondary N) is 1. The number of hydrogen-bond acceptors (Lipinski definition) is 1. The van der Waals surface area contributed by atoms with E-state index in [9.17, 15) is 0 Å². The average molecular weight is 316 g/mol. The van der Waals surface area contributed by atoms with Crippen molar-refractivity contribution in [3.05, 3.63) is 71.8 Å². The molecule has 2 aromatic rings. The van der Waals surface area contributed by atoms with Crippen molar-refractivity contribution in [2.75, 3.05) is 0 Å². The summed E-state index contributed by atoms with van der Waals surface area (Å²) in [6.07, 6.45) is 7.90. The van der Waals surface area contributed by atoms with Crippen LogP contribution in [0.5, 0.6) is 0 Å². The molecule has 0 radical (unpaired) electrons. The van der Waals surface area contributed by atoms with E-state index in [2.05, 4.69) is 66.0 Å². The van der Waals surface area contributed by atoms with Crippen molar-refractivity contribution in [3.8, 4) is 0 Å². The van der Waals surface area contributed by atoms with Gasteiger partial charge in [0.2, 0.25) is 0 Å². The Balaban J connectivity index is 0.00000176. The number of rotatable bonds is 5. The number of hydrogen-bond donors (Lipinski definition) is 1. The molecule has 1 saturated carbocycles. The molecule has 22 heavy (non-hydrogen) atoms. The summed E-state index contributed by atoms with van der Waals surface area (Å²) in [4.78, 5) is 0. The van der Waals surface area contributed by atoms with Crippen LogP contribution in [0.2, 0.25) is 0 Å². The minimum Gasteiger partial charge on any atom is -0.307 e. The van der Waals surface area contributed by atoms with Gasteiger partial charge in [0, 0.05) is 12.1 Å². The van der Waals surface area contributed by atoms with Gasteiger partial charge in [-0.1, -0.05) is 79.9 Å². The van der Waals surface area contributed by atoms with Crippen LogP contribution in [-0.4, -0.2) is 6.04 Å². The van der Waals surface area contributed by atoms with Crippen molar-refractivity contribution in [1.82, 2.24) is 5.32 Å². The van der Waals surface area contributed by atoms with Crippen LogP contribution in [0.1, 0.15) is 49.3 Å². The molecule has 3 rings (SSSR count). The molecule has 1 fully saturated rings. The van der Waals surface area contributed by atoms with Gasteiger partial charge >= 0.3 is 0 Å². The first-order valence-electron chi connectivity index (χ1n) is 8.27.